The summed E-state index contributed by atoms with van der Waals surface area (Å²) >= 11 is 4.01. The monoisotopic (exact) mass is 130 g/mol. The van der Waals surface area contributed by atoms with Gasteiger partial charge in [0, 0.05) is 0 Å². The van der Waals surface area contributed by atoms with E-state index in [1.807, 2.05) is 0 Å². The summed E-state index contributed by atoms with van der Waals surface area (Å²) in [5, 5.41) is 0. The van der Waals surface area contributed by atoms with Crippen molar-refractivity contribution in [2.24, 2.45) is 0 Å². The maximum atomic E-state index is 4.01. The van der Waals surface area contributed by atoms with E-state index in [1.165, 1.54) is 7.11 Å². The zero-order valence-corrected chi connectivity index (χ0v) is 3.88. The Hall–Kier alpha value is 0.769. The molecule has 0 aromatic carbocycles. The molecule has 0 bridgehead atoms. The first-order valence-electron chi connectivity index (χ1n) is 0.531. The van der Waals surface area contributed by atoms with E-state index in [4.69, 9.17) is 0 Å². The van der Waals surface area contributed by atoms with Crippen LogP contribution in [-0.2, 0) is 20.2 Å². The van der Waals surface area contributed by atoms with Crippen LogP contribution in [0.15, 0.2) is 0 Å². The molecule has 0 aliphatic carbocycles. The maximum Gasteiger partial charge on any atom is -0.147 e. The molecular weight excluding hydrogens is 127 g/mol. The topological polar surface area (TPSA) is 9.23 Å². The summed E-state index contributed by atoms with van der Waals surface area (Å²) < 4.78 is 3.81. The maximum absolute atomic E-state index is 4.01. The molecule has 3 heteroatoms. The van der Waals surface area contributed by atoms with Gasteiger partial charge in [-0.25, -0.2) is 0 Å². The van der Waals surface area contributed by atoms with Crippen molar-refractivity contribution in [3.05, 3.63) is 0 Å². The van der Waals surface area contributed by atoms with Crippen molar-refractivity contribution >= 4 is 12.4 Å². The average Bonchev–Trinajstić information content (AvgIpc) is 0.918. The first-order valence-corrected chi connectivity index (χ1v) is 0.916. The van der Waals surface area contributed by atoms with Crippen molar-refractivity contribution in [3.8, 4) is 0 Å². The van der Waals surface area contributed by atoms with Crippen LogP contribution in [0.25, 0.3) is 0 Å². The quantitative estimate of drug-likeness (QED) is 0.435. The van der Waals surface area contributed by atoms with Crippen LogP contribution in [0.2, 0.25) is 0 Å². The van der Waals surface area contributed by atoms with E-state index in [-0.39, 0.29) is 12.4 Å². The molecule has 0 heterocycles. The second-order valence-corrected chi connectivity index (χ2v) is 0.508. The van der Waals surface area contributed by atoms with Gasteiger partial charge >= 0.3 is 27.3 Å². The van der Waals surface area contributed by atoms with Crippen LogP contribution in [0.4, 0.5) is 0 Å². The fourth-order valence-corrected chi connectivity index (χ4v) is 0. The molecule has 32 valence electrons. The van der Waals surface area contributed by atoms with Crippen LogP contribution in [-0.4, -0.2) is 7.11 Å². The van der Waals surface area contributed by atoms with Gasteiger partial charge in [-0.05, 0) is 0 Å². The van der Waals surface area contributed by atoms with Gasteiger partial charge in [-0.1, -0.05) is 0 Å². The summed E-state index contributed by atoms with van der Waals surface area (Å²) in [6.07, 6.45) is 0. The number of halogens is 1. The van der Waals surface area contributed by atoms with Crippen molar-refractivity contribution in [1.82, 2.24) is 0 Å². The molecule has 0 atom stereocenters. The van der Waals surface area contributed by atoms with Crippen molar-refractivity contribution < 1.29 is 20.2 Å². The molecule has 0 unspecified atom stereocenters. The van der Waals surface area contributed by atoms with Crippen LogP contribution in [0.3, 0.4) is 0 Å². The van der Waals surface area contributed by atoms with Crippen molar-refractivity contribution in [3.63, 3.8) is 0 Å². The molecular formula is CH4ClCuO. The van der Waals surface area contributed by atoms with E-state index >= 15 is 0 Å². The summed E-state index contributed by atoms with van der Waals surface area (Å²) in [4.78, 5) is 0. The van der Waals surface area contributed by atoms with Gasteiger partial charge < -0.3 is 0 Å². The summed E-state index contributed by atoms with van der Waals surface area (Å²) in [6, 6.07) is 0. The van der Waals surface area contributed by atoms with Crippen LogP contribution in [0.1, 0.15) is 0 Å². The van der Waals surface area contributed by atoms with Crippen molar-refractivity contribution in [2.45, 2.75) is 0 Å². The number of rotatable bonds is 0. The molecule has 0 saturated heterocycles. The molecule has 0 amide bonds. The Morgan fingerprint density at radius 3 is 1.75 bits per heavy atom. The van der Waals surface area contributed by atoms with Crippen LogP contribution in [0.5, 0.6) is 0 Å². The Kier molecular flexibility index (Phi) is 20.4. The summed E-state index contributed by atoms with van der Waals surface area (Å²) in [7, 11) is 1.43. The minimum absolute atomic E-state index is 0. The van der Waals surface area contributed by atoms with Gasteiger partial charge in [0.25, 0.3) is 0 Å². The molecule has 0 rings (SSSR count). The largest absolute Gasteiger partial charge is 0.147 e. The van der Waals surface area contributed by atoms with E-state index in [2.05, 4.69) is 20.2 Å². The SMILES string of the molecule is C[O][Cu].Cl. The Balaban J connectivity index is 0. The van der Waals surface area contributed by atoms with Gasteiger partial charge in [-0.3, -0.25) is 0 Å². The minimum Gasteiger partial charge on any atom is -0.147 e. The van der Waals surface area contributed by atoms with E-state index in [9.17, 15) is 0 Å². The molecule has 0 spiro atoms. The van der Waals surface area contributed by atoms with E-state index in [1.54, 1.807) is 0 Å². The molecule has 1 nitrogen and oxygen atoms in total. The Morgan fingerprint density at radius 1 is 1.75 bits per heavy atom. The molecule has 0 aromatic heterocycles. The molecule has 4 heavy (non-hydrogen) atoms. The van der Waals surface area contributed by atoms with E-state index in [0.717, 1.165) is 0 Å². The molecule has 0 aliphatic rings. The third kappa shape index (κ3) is 14.6. The van der Waals surface area contributed by atoms with Crippen LogP contribution >= 0.6 is 12.4 Å². The van der Waals surface area contributed by atoms with Gasteiger partial charge in [-0.2, -0.15) is 0 Å². The summed E-state index contributed by atoms with van der Waals surface area (Å²) in [5.41, 5.74) is 0. The Bertz CT molecular complexity index is 8.00. The molecule has 0 aliphatic heterocycles. The van der Waals surface area contributed by atoms with Crippen molar-refractivity contribution in [2.75, 3.05) is 7.11 Å². The third-order valence-corrected chi connectivity index (χ3v) is 0. The van der Waals surface area contributed by atoms with Crippen LogP contribution < -0.4 is 0 Å². The standard InChI is InChI=1S/CH3O.ClH.Cu/c1-2;;/h1H3;1H;/q-1;;+1. The smallest absolute Gasteiger partial charge is 0.147 e. The fraction of sp³-hybridized carbons (Fsp3) is 1.00. The molecule has 0 radical (unpaired) electrons. The van der Waals surface area contributed by atoms with Crippen molar-refractivity contribution in [1.29, 1.82) is 0 Å². The van der Waals surface area contributed by atoms with E-state index < -0.39 is 0 Å². The second kappa shape index (κ2) is 9.23. The van der Waals surface area contributed by atoms with Gasteiger partial charge in [0.2, 0.25) is 0 Å². The van der Waals surface area contributed by atoms with Gasteiger partial charge in [0.15, 0.2) is 0 Å². The van der Waals surface area contributed by atoms with E-state index in [0.29, 0.717) is 0 Å². The summed E-state index contributed by atoms with van der Waals surface area (Å²) in [6.45, 7) is 0. The molecule has 0 saturated carbocycles. The average molecular weight is 131 g/mol. The second-order valence-electron chi connectivity index (χ2n) is 0.123. The predicted octanol–water partition coefficient (Wildman–Crippen LogP) is 0.516. The first kappa shape index (κ1) is 8.84. The minimum atomic E-state index is 0. The first-order chi connectivity index (χ1) is 1.41. The summed E-state index contributed by atoms with van der Waals surface area (Å²) in [5.74, 6) is 0. The zero-order valence-electron chi connectivity index (χ0n) is 2.12. The van der Waals surface area contributed by atoms with Crippen LogP contribution in [0, 0.1) is 0 Å². The predicted molar refractivity (Wildman–Crippen MR) is 14.3 cm³/mol. The Labute approximate surface area is 40.3 Å². The van der Waals surface area contributed by atoms with Gasteiger partial charge in [0.05, 0.1) is 0 Å². The third-order valence-electron chi connectivity index (χ3n) is 0. The molecule has 0 aromatic rings. The molecule has 0 N–H and O–H groups in total. The fourth-order valence-electron chi connectivity index (χ4n) is 0. The van der Waals surface area contributed by atoms with Gasteiger partial charge in [-0.15, -0.1) is 12.4 Å². The zero-order chi connectivity index (χ0) is 2.71. The molecule has 0 fully saturated rings. The normalized spacial score (nSPS) is 4.75. The van der Waals surface area contributed by atoms with Gasteiger partial charge in [0.1, 0.15) is 0 Å². The Morgan fingerprint density at radius 2 is 1.75 bits per heavy atom. The number of hydrogen-bond acceptors (Lipinski definition) is 1. The number of hydrogen-bond donors (Lipinski definition) is 0.